The Kier molecular flexibility index (Phi) is 6.06. The molecule has 0 radical (unpaired) electrons. The van der Waals surface area contributed by atoms with Gasteiger partial charge in [-0.05, 0) is 42.9 Å². The highest BCUT2D eigenvalue weighted by atomic mass is 19.4. The zero-order valence-electron chi connectivity index (χ0n) is 16.5. The van der Waals surface area contributed by atoms with Crippen LogP contribution < -0.4 is 10.1 Å². The van der Waals surface area contributed by atoms with Crippen LogP contribution >= 0.6 is 0 Å². The van der Waals surface area contributed by atoms with Crippen LogP contribution in [0.2, 0.25) is 0 Å². The fourth-order valence-corrected chi connectivity index (χ4v) is 3.74. The first-order valence-corrected chi connectivity index (χ1v) is 10.2. The van der Waals surface area contributed by atoms with Crippen LogP contribution in [-0.4, -0.2) is 32.7 Å². The number of aromatic nitrogens is 4. The molecule has 160 valence electrons. The normalized spacial score (nSPS) is 15.4. The van der Waals surface area contributed by atoms with E-state index in [0.717, 1.165) is 12.8 Å². The van der Waals surface area contributed by atoms with E-state index in [1.54, 1.807) is 24.3 Å². The van der Waals surface area contributed by atoms with Gasteiger partial charge in [0.05, 0.1) is 12.9 Å². The van der Waals surface area contributed by atoms with Crippen LogP contribution in [0.1, 0.15) is 44.1 Å². The van der Waals surface area contributed by atoms with E-state index in [4.69, 9.17) is 4.74 Å². The lowest BCUT2D eigenvalue weighted by molar-refractivity contribution is -0.133. The monoisotopic (exact) mass is 419 g/mol. The summed E-state index contributed by atoms with van der Waals surface area (Å²) in [6.45, 7) is 0.595. The average Bonchev–Trinajstić information content (AvgIpc) is 3.20. The molecule has 0 unspecified atom stereocenters. The van der Waals surface area contributed by atoms with Crippen molar-refractivity contribution in [2.24, 2.45) is 5.92 Å². The second kappa shape index (κ2) is 8.89. The van der Waals surface area contributed by atoms with E-state index in [2.05, 4.69) is 25.3 Å². The fourth-order valence-electron chi connectivity index (χ4n) is 3.74. The lowest BCUT2D eigenvalue weighted by Gasteiger charge is -2.21. The van der Waals surface area contributed by atoms with E-state index >= 15 is 0 Å². The van der Waals surface area contributed by atoms with Crippen LogP contribution in [-0.2, 0) is 6.42 Å². The first kappa shape index (κ1) is 20.4. The summed E-state index contributed by atoms with van der Waals surface area (Å²) < 4.78 is 43.5. The van der Waals surface area contributed by atoms with Gasteiger partial charge in [-0.1, -0.05) is 31.4 Å². The van der Waals surface area contributed by atoms with E-state index in [1.165, 1.54) is 25.6 Å². The van der Waals surface area contributed by atoms with Crippen LogP contribution in [0.25, 0.3) is 11.2 Å². The summed E-state index contributed by atoms with van der Waals surface area (Å²) >= 11 is 0. The van der Waals surface area contributed by atoms with E-state index in [0.29, 0.717) is 46.8 Å². The van der Waals surface area contributed by atoms with Crippen LogP contribution in [0.5, 0.6) is 5.88 Å². The van der Waals surface area contributed by atoms with Crippen LogP contribution in [0.15, 0.2) is 30.6 Å². The number of ether oxygens (including phenoxy) is 1. The Morgan fingerprint density at radius 1 is 1.13 bits per heavy atom. The smallest absolute Gasteiger partial charge is 0.389 e. The van der Waals surface area contributed by atoms with Crippen molar-refractivity contribution in [2.75, 3.05) is 11.9 Å². The number of nitrogens with zero attached hydrogens (tertiary/aromatic N) is 3. The molecule has 0 amide bonds. The number of aryl methyl sites for hydroxylation is 1. The minimum absolute atomic E-state index is 0.0754. The van der Waals surface area contributed by atoms with Crippen molar-refractivity contribution in [2.45, 2.75) is 51.1 Å². The summed E-state index contributed by atoms with van der Waals surface area (Å²) in [5, 5.41) is 3.06. The molecule has 1 aliphatic carbocycles. The third-order valence-electron chi connectivity index (χ3n) is 5.31. The van der Waals surface area contributed by atoms with Crippen molar-refractivity contribution in [1.29, 1.82) is 0 Å². The quantitative estimate of drug-likeness (QED) is 0.525. The standard InChI is InChI=1S/C21H24F3N5O/c22-21(23,24)10-9-14-7-4-8-16(11-14)27-20-28-18-17(25-13-26-18)19(29-20)30-12-15-5-2-1-3-6-15/h4,7-8,11,13,15H,1-3,5-6,9-10,12H2,(H2,25,26,27,28,29). The van der Waals surface area contributed by atoms with Crippen molar-refractivity contribution in [3.8, 4) is 5.88 Å². The van der Waals surface area contributed by atoms with Gasteiger partial charge in [0.25, 0.3) is 0 Å². The Morgan fingerprint density at radius 3 is 2.77 bits per heavy atom. The number of alkyl halides is 3. The van der Waals surface area contributed by atoms with E-state index in [1.807, 2.05) is 0 Å². The summed E-state index contributed by atoms with van der Waals surface area (Å²) in [6.07, 6.45) is 2.49. The Bertz CT molecular complexity index is 982. The maximum atomic E-state index is 12.5. The number of rotatable bonds is 7. The van der Waals surface area contributed by atoms with Crippen molar-refractivity contribution in [3.05, 3.63) is 36.2 Å². The Hall–Kier alpha value is -2.84. The third-order valence-corrected chi connectivity index (χ3v) is 5.31. The number of anilines is 2. The van der Waals surface area contributed by atoms with E-state index in [-0.39, 0.29) is 6.42 Å². The molecular formula is C21H24F3N5O. The lowest BCUT2D eigenvalue weighted by atomic mass is 9.90. The van der Waals surface area contributed by atoms with Crippen molar-refractivity contribution in [1.82, 2.24) is 19.9 Å². The van der Waals surface area contributed by atoms with Gasteiger partial charge >= 0.3 is 6.18 Å². The Morgan fingerprint density at radius 2 is 1.97 bits per heavy atom. The van der Waals surface area contributed by atoms with Crippen LogP contribution in [0, 0.1) is 5.92 Å². The summed E-state index contributed by atoms with van der Waals surface area (Å²) in [7, 11) is 0. The Balaban J connectivity index is 1.49. The predicted molar refractivity (Wildman–Crippen MR) is 108 cm³/mol. The van der Waals surface area contributed by atoms with Crippen molar-refractivity contribution < 1.29 is 17.9 Å². The molecule has 3 aromatic rings. The molecule has 1 fully saturated rings. The second-order valence-corrected chi connectivity index (χ2v) is 7.71. The number of H-pyrrole nitrogens is 1. The topological polar surface area (TPSA) is 75.7 Å². The number of aromatic amines is 1. The SMILES string of the molecule is FC(F)(F)CCc1cccc(Nc2nc(OCC3CCCCC3)c3[nH]cnc3n2)c1. The van der Waals surface area contributed by atoms with Crippen LogP contribution in [0.4, 0.5) is 24.8 Å². The second-order valence-electron chi connectivity index (χ2n) is 7.71. The number of nitrogens with one attached hydrogen (secondary N) is 2. The van der Waals surface area contributed by atoms with Gasteiger partial charge in [0.2, 0.25) is 11.8 Å². The fraction of sp³-hybridized carbons (Fsp3) is 0.476. The van der Waals surface area contributed by atoms with Crippen molar-refractivity contribution in [3.63, 3.8) is 0 Å². The highest BCUT2D eigenvalue weighted by Gasteiger charge is 2.26. The van der Waals surface area contributed by atoms with Gasteiger partial charge in [0.1, 0.15) is 5.52 Å². The molecule has 30 heavy (non-hydrogen) atoms. The first-order chi connectivity index (χ1) is 14.5. The maximum absolute atomic E-state index is 12.5. The van der Waals surface area contributed by atoms with E-state index in [9.17, 15) is 13.2 Å². The zero-order valence-corrected chi connectivity index (χ0v) is 16.5. The first-order valence-electron chi connectivity index (χ1n) is 10.2. The molecule has 2 N–H and O–H groups in total. The molecule has 1 aromatic carbocycles. The minimum atomic E-state index is -4.18. The number of imidazole rings is 1. The van der Waals surface area contributed by atoms with Gasteiger partial charge in [0, 0.05) is 12.1 Å². The van der Waals surface area contributed by atoms with Gasteiger partial charge in [-0.2, -0.15) is 23.1 Å². The predicted octanol–water partition coefficient (Wildman–Crippen LogP) is 5.55. The van der Waals surface area contributed by atoms with Gasteiger partial charge < -0.3 is 15.0 Å². The molecule has 0 atom stereocenters. The number of halogens is 3. The molecule has 1 aliphatic rings. The molecule has 2 heterocycles. The molecule has 0 spiro atoms. The van der Waals surface area contributed by atoms with Gasteiger partial charge in [-0.3, -0.25) is 0 Å². The molecule has 2 aromatic heterocycles. The number of fused-ring (bicyclic) bond motifs is 1. The van der Waals surface area contributed by atoms with Gasteiger partial charge in [-0.15, -0.1) is 0 Å². The summed E-state index contributed by atoms with van der Waals surface area (Å²) in [6, 6.07) is 6.82. The molecule has 0 saturated heterocycles. The molecule has 0 bridgehead atoms. The number of benzene rings is 1. The van der Waals surface area contributed by atoms with Crippen LogP contribution in [0.3, 0.4) is 0 Å². The number of hydrogen-bond acceptors (Lipinski definition) is 5. The summed E-state index contributed by atoms with van der Waals surface area (Å²) in [5.74, 6) is 1.24. The maximum Gasteiger partial charge on any atom is 0.389 e. The van der Waals surface area contributed by atoms with Gasteiger partial charge in [-0.25, -0.2) is 4.98 Å². The summed E-state index contributed by atoms with van der Waals surface area (Å²) in [4.78, 5) is 16.1. The molecule has 4 rings (SSSR count). The molecule has 1 saturated carbocycles. The third kappa shape index (κ3) is 5.40. The molecule has 0 aliphatic heterocycles. The molecule has 6 nitrogen and oxygen atoms in total. The van der Waals surface area contributed by atoms with E-state index < -0.39 is 12.6 Å². The average molecular weight is 419 g/mol. The van der Waals surface area contributed by atoms with Gasteiger partial charge in [0.15, 0.2) is 5.65 Å². The largest absolute Gasteiger partial charge is 0.476 e. The zero-order chi connectivity index (χ0) is 21.0. The Labute approximate surface area is 172 Å². The van der Waals surface area contributed by atoms with Crippen molar-refractivity contribution >= 4 is 22.8 Å². The number of hydrogen-bond donors (Lipinski definition) is 2. The highest BCUT2D eigenvalue weighted by Crippen LogP contribution is 2.28. The summed E-state index contributed by atoms with van der Waals surface area (Å²) in [5.41, 5.74) is 2.31. The highest BCUT2D eigenvalue weighted by molar-refractivity contribution is 5.77. The minimum Gasteiger partial charge on any atom is -0.476 e. The lowest BCUT2D eigenvalue weighted by Crippen LogP contribution is -2.16. The molecular weight excluding hydrogens is 395 g/mol. The molecule has 9 heteroatoms.